The van der Waals surface area contributed by atoms with E-state index >= 15 is 0 Å². The maximum Gasteiger partial charge on any atom is 0.136 e. The Balaban J connectivity index is 3.09. The van der Waals surface area contributed by atoms with E-state index in [0.717, 1.165) is 6.42 Å². The molecular formula is C14H22FN3. The largest absolute Gasteiger partial charge is 0.384 e. The zero-order valence-electron chi connectivity index (χ0n) is 11.5. The number of hydrogen-bond donors (Lipinski definition) is 2. The summed E-state index contributed by atoms with van der Waals surface area (Å²) in [6.45, 7) is 6.40. The van der Waals surface area contributed by atoms with E-state index in [0.29, 0.717) is 11.6 Å². The summed E-state index contributed by atoms with van der Waals surface area (Å²) in [7, 11) is 1.91. The monoisotopic (exact) mass is 251 g/mol. The fourth-order valence-electron chi connectivity index (χ4n) is 2.15. The van der Waals surface area contributed by atoms with Gasteiger partial charge < -0.3 is 10.6 Å². The maximum atomic E-state index is 13.7. The van der Waals surface area contributed by atoms with E-state index in [2.05, 4.69) is 20.8 Å². The molecule has 1 unspecified atom stereocenters. The number of hydrogen-bond acceptors (Lipinski definition) is 2. The number of amidine groups is 1. The van der Waals surface area contributed by atoms with E-state index in [4.69, 9.17) is 11.1 Å². The molecule has 18 heavy (non-hydrogen) atoms. The fourth-order valence-corrected chi connectivity index (χ4v) is 2.15. The van der Waals surface area contributed by atoms with Crippen LogP contribution in [0.15, 0.2) is 18.2 Å². The van der Waals surface area contributed by atoms with Gasteiger partial charge in [0, 0.05) is 13.1 Å². The minimum absolute atomic E-state index is 0.190. The van der Waals surface area contributed by atoms with Gasteiger partial charge in [0.15, 0.2) is 0 Å². The predicted molar refractivity (Wildman–Crippen MR) is 74.7 cm³/mol. The van der Waals surface area contributed by atoms with Crippen LogP contribution in [-0.4, -0.2) is 18.9 Å². The van der Waals surface area contributed by atoms with Gasteiger partial charge in [0.05, 0.1) is 11.3 Å². The Kier molecular flexibility index (Phi) is 4.70. The second kappa shape index (κ2) is 5.85. The van der Waals surface area contributed by atoms with E-state index in [1.165, 1.54) is 6.07 Å². The maximum absolute atomic E-state index is 13.7. The molecule has 0 fully saturated rings. The molecule has 0 aliphatic heterocycles. The Morgan fingerprint density at radius 3 is 2.50 bits per heavy atom. The zero-order chi connectivity index (χ0) is 13.9. The number of halogens is 1. The first kappa shape index (κ1) is 14.5. The zero-order valence-corrected chi connectivity index (χ0v) is 11.5. The van der Waals surface area contributed by atoms with Gasteiger partial charge in [-0.3, -0.25) is 5.41 Å². The number of benzene rings is 1. The predicted octanol–water partition coefficient (Wildman–Crippen LogP) is 2.98. The van der Waals surface area contributed by atoms with E-state index < -0.39 is 5.82 Å². The van der Waals surface area contributed by atoms with Crippen molar-refractivity contribution in [1.82, 2.24) is 0 Å². The summed E-state index contributed by atoms with van der Waals surface area (Å²) in [6, 6.07) is 5.05. The van der Waals surface area contributed by atoms with Crippen molar-refractivity contribution in [2.24, 2.45) is 11.7 Å². The molecule has 0 bridgehead atoms. The molecule has 3 N–H and O–H groups in total. The third-order valence-corrected chi connectivity index (χ3v) is 3.11. The fraction of sp³-hybridized carbons (Fsp3) is 0.500. The number of nitrogens with zero attached hydrogens (tertiary/aromatic N) is 1. The third kappa shape index (κ3) is 3.22. The molecule has 0 amide bonds. The highest BCUT2D eigenvalue weighted by Crippen LogP contribution is 2.25. The molecule has 3 nitrogen and oxygen atoms in total. The molecule has 0 spiro atoms. The smallest absolute Gasteiger partial charge is 0.136 e. The van der Waals surface area contributed by atoms with Gasteiger partial charge in [-0.05, 0) is 31.4 Å². The number of nitrogens with two attached hydrogens (primary N) is 1. The van der Waals surface area contributed by atoms with Crippen molar-refractivity contribution < 1.29 is 4.39 Å². The Bertz CT molecular complexity index is 429. The van der Waals surface area contributed by atoms with E-state index in [1.807, 2.05) is 11.9 Å². The summed E-state index contributed by atoms with van der Waals surface area (Å²) in [4.78, 5) is 1.99. The van der Waals surface area contributed by atoms with Gasteiger partial charge >= 0.3 is 0 Å². The van der Waals surface area contributed by atoms with Crippen LogP contribution in [0.2, 0.25) is 0 Å². The second-order valence-electron chi connectivity index (χ2n) is 5.14. The Morgan fingerprint density at radius 2 is 2.00 bits per heavy atom. The van der Waals surface area contributed by atoms with Gasteiger partial charge in [0.2, 0.25) is 0 Å². The van der Waals surface area contributed by atoms with Crippen LogP contribution in [0.3, 0.4) is 0 Å². The normalized spacial score (nSPS) is 12.6. The molecule has 0 saturated heterocycles. The van der Waals surface area contributed by atoms with E-state index in [1.54, 1.807) is 12.1 Å². The van der Waals surface area contributed by atoms with Crippen molar-refractivity contribution in [3.05, 3.63) is 29.6 Å². The quantitative estimate of drug-likeness (QED) is 0.624. The van der Waals surface area contributed by atoms with Gasteiger partial charge in [-0.2, -0.15) is 0 Å². The first-order valence-corrected chi connectivity index (χ1v) is 6.20. The lowest BCUT2D eigenvalue weighted by Crippen LogP contribution is -2.32. The standard InChI is InChI=1S/C14H22FN3/c1-9(2)8-10(3)18(4)12-7-5-6-11(15)13(12)14(16)17/h5-7,9-10H,8H2,1-4H3,(H3,16,17). The molecule has 1 atom stereocenters. The van der Waals surface area contributed by atoms with Crippen molar-refractivity contribution in [2.75, 3.05) is 11.9 Å². The molecule has 0 aliphatic rings. The van der Waals surface area contributed by atoms with Crippen molar-refractivity contribution in [3.8, 4) is 0 Å². The summed E-state index contributed by atoms with van der Waals surface area (Å²) in [5.74, 6) is -0.105. The highest BCUT2D eigenvalue weighted by atomic mass is 19.1. The van der Waals surface area contributed by atoms with Crippen molar-refractivity contribution in [3.63, 3.8) is 0 Å². The van der Waals surface area contributed by atoms with E-state index in [9.17, 15) is 4.39 Å². The number of nitrogen functional groups attached to an aromatic ring is 1. The van der Waals surface area contributed by atoms with Crippen LogP contribution < -0.4 is 10.6 Å². The van der Waals surface area contributed by atoms with Crippen LogP contribution in [0, 0.1) is 17.1 Å². The highest BCUT2D eigenvalue weighted by Gasteiger charge is 2.18. The van der Waals surface area contributed by atoms with Crippen LogP contribution in [0.5, 0.6) is 0 Å². The minimum Gasteiger partial charge on any atom is -0.384 e. The first-order chi connectivity index (χ1) is 8.34. The molecular weight excluding hydrogens is 229 g/mol. The van der Waals surface area contributed by atoms with Crippen molar-refractivity contribution >= 4 is 11.5 Å². The summed E-state index contributed by atoms with van der Waals surface area (Å²) in [5, 5.41) is 7.50. The summed E-state index contributed by atoms with van der Waals surface area (Å²) in [6.07, 6.45) is 1.00. The van der Waals surface area contributed by atoms with Gasteiger partial charge in [-0.1, -0.05) is 19.9 Å². The van der Waals surface area contributed by atoms with Crippen LogP contribution in [0.1, 0.15) is 32.8 Å². The van der Waals surface area contributed by atoms with Gasteiger partial charge in [0.1, 0.15) is 11.7 Å². The lowest BCUT2D eigenvalue weighted by atomic mass is 10.0. The number of rotatable bonds is 5. The molecule has 1 rings (SSSR count). The second-order valence-corrected chi connectivity index (χ2v) is 5.14. The minimum atomic E-state index is -0.441. The van der Waals surface area contributed by atoms with Crippen LogP contribution in [0.4, 0.5) is 10.1 Å². The molecule has 0 radical (unpaired) electrons. The lowest BCUT2D eigenvalue weighted by molar-refractivity contribution is 0.503. The summed E-state index contributed by atoms with van der Waals surface area (Å²) < 4.78 is 13.7. The Labute approximate surface area is 108 Å². The van der Waals surface area contributed by atoms with Crippen LogP contribution in [-0.2, 0) is 0 Å². The molecule has 1 aromatic carbocycles. The van der Waals surface area contributed by atoms with E-state index in [-0.39, 0.29) is 17.4 Å². The van der Waals surface area contributed by atoms with Crippen LogP contribution in [0.25, 0.3) is 0 Å². The summed E-state index contributed by atoms with van der Waals surface area (Å²) >= 11 is 0. The van der Waals surface area contributed by atoms with Crippen molar-refractivity contribution in [1.29, 1.82) is 5.41 Å². The lowest BCUT2D eigenvalue weighted by Gasteiger charge is -2.30. The van der Waals surface area contributed by atoms with Gasteiger partial charge in [-0.15, -0.1) is 0 Å². The number of anilines is 1. The number of nitrogens with one attached hydrogen (secondary N) is 1. The highest BCUT2D eigenvalue weighted by molar-refractivity contribution is 6.00. The Hall–Kier alpha value is -1.58. The SMILES string of the molecule is CC(C)CC(C)N(C)c1cccc(F)c1C(=N)N. The molecule has 0 aromatic heterocycles. The molecule has 100 valence electrons. The average molecular weight is 251 g/mol. The van der Waals surface area contributed by atoms with Crippen molar-refractivity contribution in [2.45, 2.75) is 33.2 Å². The summed E-state index contributed by atoms with van der Waals surface area (Å²) in [5.41, 5.74) is 6.34. The molecule has 4 heteroatoms. The molecule has 0 saturated carbocycles. The van der Waals surface area contributed by atoms with Gasteiger partial charge in [0.25, 0.3) is 0 Å². The molecule has 0 aliphatic carbocycles. The Morgan fingerprint density at radius 1 is 1.39 bits per heavy atom. The van der Waals surface area contributed by atoms with Crippen LogP contribution >= 0.6 is 0 Å². The molecule has 0 heterocycles. The average Bonchev–Trinajstić information content (AvgIpc) is 2.26. The third-order valence-electron chi connectivity index (χ3n) is 3.11. The molecule has 1 aromatic rings. The first-order valence-electron chi connectivity index (χ1n) is 6.20. The topological polar surface area (TPSA) is 53.1 Å². The van der Waals surface area contributed by atoms with Gasteiger partial charge in [-0.25, -0.2) is 4.39 Å².